The van der Waals surface area contributed by atoms with Crippen LogP contribution in [-0.2, 0) is 6.61 Å². The fourth-order valence-corrected chi connectivity index (χ4v) is 1.96. The first-order valence-electron chi connectivity index (χ1n) is 6.72. The van der Waals surface area contributed by atoms with Gasteiger partial charge >= 0.3 is 0 Å². The maximum atomic E-state index is 11.3. The van der Waals surface area contributed by atoms with Gasteiger partial charge in [0, 0.05) is 12.3 Å². The highest BCUT2D eigenvalue weighted by Crippen LogP contribution is 2.19. The standard InChI is InChI=1S/C16H14N4O2/c17-16(21)13-10-15(22-11-12-6-2-1-3-7-12)20(19-13)14-8-4-5-9-18-14/h1-10H,11H2,(H2,17,21). The molecule has 3 aromatic rings. The van der Waals surface area contributed by atoms with E-state index in [1.54, 1.807) is 18.3 Å². The quantitative estimate of drug-likeness (QED) is 0.779. The summed E-state index contributed by atoms with van der Waals surface area (Å²) in [7, 11) is 0. The number of hydrogen-bond acceptors (Lipinski definition) is 4. The molecule has 0 radical (unpaired) electrons. The van der Waals surface area contributed by atoms with Gasteiger partial charge in [-0.3, -0.25) is 4.79 Å². The normalized spacial score (nSPS) is 10.4. The zero-order valence-electron chi connectivity index (χ0n) is 11.7. The third-order valence-electron chi connectivity index (χ3n) is 3.02. The number of aromatic nitrogens is 3. The summed E-state index contributed by atoms with van der Waals surface area (Å²) in [4.78, 5) is 15.5. The van der Waals surface area contributed by atoms with Crippen LogP contribution in [0.1, 0.15) is 16.1 Å². The van der Waals surface area contributed by atoms with E-state index < -0.39 is 5.91 Å². The molecule has 0 saturated carbocycles. The van der Waals surface area contributed by atoms with Gasteiger partial charge < -0.3 is 10.5 Å². The van der Waals surface area contributed by atoms with Crippen LogP contribution >= 0.6 is 0 Å². The van der Waals surface area contributed by atoms with Gasteiger partial charge in [-0.15, -0.1) is 0 Å². The minimum atomic E-state index is -0.612. The van der Waals surface area contributed by atoms with Crippen molar-refractivity contribution in [1.82, 2.24) is 14.8 Å². The van der Waals surface area contributed by atoms with Crippen LogP contribution in [0.5, 0.6) is 5.88 Å². The minimum Gasteiger partial charge on any atom is -0.473 e. The Morgan fingerprint density at radius 3 is 2.59 bits per heavy atom. The van der Waals surface area contributed by atoms with Crippen LogP contribution in [0, 0.1) is 0 Å². The molecule has 0 aliphatic rings. The lowest BCUT2D eigenvalue weighted by Crippen LogP contribution is -2.12. The molecule has 2 heterocycles. The number of nitrogens with two attached hydrogens (primary N) is 1. The SMILES string of the molecule is NC(=O)c1cc(OCc2ccccc2)n(-c2ccccn2)n1. The molecule has 0 bridgehead atoms. The summed E-state index contributed by atoms with van der Waals surface area (Å²) in [6.45, 7) is 0.359. The predicted octanol–water partition coefficient (Wildman–Crippen LogP) is 1.95. The van der Waals surface area contributed by atoms with Crippen molar-refractivity contribution in [2.75, 3.05) is 0 Å². The molecule has 1 aromatic carbocycles. The summed E-state index contributed by atoms with van der Waals surface area (Å²) in [5.74, 6) is 0.355. The summed E-state index contributed by atoms with van der Waals surface area (Å²) in [5, 5.41) is 4.15. The van der Waals surface area contributed by atoms with Crippen molar-refractivity contribution < 1.29 is 9.53 Å². The van der Waals surface area contributed by atoms with Crippen molar-refractivity contribution in [3.8, 4) is 11.7 Å². The van der Waals surface area contributed by atoms with Crippen LogP contribution in [0.4, 0.5) is 0 Å². The summed E-state index contributed by atoms with van der Waals surface area (Å²) in [6, 6.07) is 16.6. The molecule has 22 heavy (non-hydrogen) atoms. The van der Waals surface area contributed by atoms with Gasteiger partial charge in [-0.1, -0.05) is 36.4 Å². The van der Waals surface area contributed by atoms with Gasteiger partial charge in [0.15, 0.2) is 11.5 Å². The Hall–Kier alpha value is -3.15. The smallest absolute Gasteiger partial charge is 0.269 e. The Balaban J connectivity index is 1.90. The molecule has 0 spiro atoms. The fourth-order valence-electron chi connectivity index (χ4n) is 1.96. The number of primary amides is 1. The van der Waals surface area contributed by atoms with Crippen LogP contribution in [0.3, 0.4) is 0 Å². The van der Waals surface area contributed by atoms with Crippen molar-refractivity contribution in [1.29, 1.82) is 0 Å². The molecule has 6 nitrogen and oxygen atoms in total. The molecule has 0 aliphatic heterocycles. The highest BCUT2D eigenvalue weighted by molar-refractivity contribution is 5.91. The van der Waals surface area contributed by atoms with Gasteiger partial charge in [0.25, 0.3) is 5.91 Å². The first-order chi connectivity index (χ1) is 10.7. The summed E-state index contributed by atoms with van der Waals surface area (Å²) >= 11 is 0. The average molecular weight is 294 g/mol. The van der Waals surface area contributed by atoms with Crippen molar-refractivity contribution in [3.63, 3.8) is 0 Å². The predicted molar refractivity (Wildman–Crippen MR) is 80.7 cm³/mol. The molecular weight excluding hydrogens is 280 g/mol. The third kappa shape index (κ3) is 2.95. The Kier molecular flexibility index (Phi) is 3.82. The van der Waals surface area contributed by atoms with E-state index in [0.717, 1.165) is 5.56 Å². The Labute approximate surface area is 127 Å². The molecule has 1 amide bonds. The van der Waals surface area contributed by atoms with Crippen LogP contribution in [0.2, 0.25) is 0 Å². The van der Waals surface area contributed by atoms with Crippen LogP contribution in [0.15, 0.2) is 60.8 Å². The Morgan fingerprint density at radius 1 is 1.14 bits per heavy atom. The Bertz CT molecular complexity index is 769. The maximum absolute atomic E-state index is 11.3. The van der Waals surface area contributed by atoms with E-state index in [9.17, 15) is 4.79 Å². The number of rotatable bonds is 5. The molecule has 110 valence electrons. The number of amides is 1. The fraction of sp³-hybridized carbons (Fsp3) is 0.0625. The molecule has 0 atom stereocenters. The zero-order chi connectivity index (χ0) is 15.4. The lowest BCUT2D eigenvalue weighted by molar-refractivity contribution is 0.0995. The first kappa shape index (κ1) is 13.8. The van der Waals surface area contributed by atoms with Crippen LogP contribution < -0.4 is 10.5 Å². The van der Waals surface area contributed by atoms with Gasteiger partial charge in [-0.25, -0.2) is 4.98 Å². The van der Waals surface area contributed by atoms with E-state index in [1.807, 2.05) is 36.4 Å². The summed E-state index contributed by atoms with van der Waals surface area (Å²) < 4.78 is 7.22. The Morgan fingerprint density at radius 2 is 1.91 bits per heavy atom. The molecule has 0 fully saturated rings. The molecule has 6 heteroatoms. The molecule has 0 saturated heterocycles. The zero-order valence-corrected chi connectivity index (χ0v) is 11.7. The molecule has 0 unspecified atom stereocenters. The highest BCUT2D eigenvalue weighted by Gasteiger charge is 2.15. The largest absolute Gasteiger partial charge is 0.473 e. The number of carbonyl (C=O) groups is 1. The van der Waals surface area contributed by atoms with Gasteiger partial charge in [0.05, 0.1) is 0 Å². The van der Waals surface area contributed by atoms with E-state index in [-0.39, 0.29) is 5.69 Å². The monoisotopic (exact) mass is 294 g/mol. The number of nitrogens with zero attached hydrogens (tertiary/aromatic N) is 3. The number of benzene rings is 1. The highest BCUT2D eigenvalue weighted by atomic mass is 16.5. The van der Waals surface area contributed by atoms with E-state index in [2.05, 4.69) is 10.1 Å². The molecule has 2 aromatic heterocycles. The van der Waals surface area contributed by atoms with Crippen molar-refractivity contribution in [3.05, 3.63) is 72.1 Å². The second kappa shape index (κ2) is 6.09. The maximum Gasteiger partial charge on any atom is 0.269 e. The topological polar surface area (TPSA) is 83.0 Å². The minimum absolute atomic E-state index is 0.133. The number of carbonyl (C=O) groups excluding carboxylic acids is 1. The molecule has 3 rings (SSSR count). The van der Waals surface area contributed by atoms with Gasteiger partial charge in [-0.05, 0) is 17.7 Å². The van der Waals surface area contributed by atoms with Crippen molar-refractivity contribution in [2.24, 2.45) is 5.73 Å². The average Bonchev–Trinajstić information content (AvgIpc) is 2.99. The number of ether oxygens (including phenoxy) is 1. The van der Waals surface area contributed by atoms with Crippen LogP contribution in [0.25, 0.3) is 5.82 Å². The van der Waals surface area contributed by atoms with E-state index in [4.69, 9.17) is 10.5 Å². The van der Waals surface area contributed by atoms with Gasteiger partial charge in [0.1, 0.15) is 6.61 Å². The lowest BCUT2D eigenvalue weighted by atomic mass is 10.2. The second-order valence-corrected chi connectivity index (χ2v) is 4.61. The third-order valence-corrected chi connectivity index (χ3v) is 3.02. The van der Waals surface area contributed by atoms with E-state index in [1.165, 1.54) is 10.7 Å². The number of hydrogen-bond donors (Lipinski definition) is 1. The molecule has 2 N–H and O–H groups in total. The summed E-state index contributed by atoms with van der Waals surface area (Å²) in [6.07, 6.45) is 1.64. The van der Waals surface area contributed by atoms with Crippen molar-refractivity contribution >= 4 is 5.91 Å². The summed E-state index contributed by atoms with van der Waals surface area (Å²) in [5.41, 5.74) is 6.43. The molecule has 0 aliphatic carbocycles. The van der Waals surface area contributed by atoms with Crippen LogP contribution in [-0.4, -0.2) is 20.7 Å². The van der Waals surface area contributed by atoms with Crippen molar-refractivity contribution in [2.45, 2.75) is 6.61 Å². The van der Waals surface area contributed by atoms with Gasteiger partial charge in [-0.2, -0.15) is 9.78 Å². The lowest BCUT2D eigenvalue weighted by Gasteiger charge is -2.08. The van der Waals surface area contributed by atoms with E-state index >= 15 is 0 Å². The number of pyridine rings is 1. The molecular formula is C16H14N4O2. The van der Waals surface area contributed by atoms with E-state index in [0.29, 0.717) is 18.3 Å². The van der Waals surface area contributed by atoms with Gasteiger partial charge in [0.2, 0.25) is 5.88 Å². The second-order valence-electron chi connectivity index (χ2n) is 4.61. The first-order valence-corrected chi connectivity index (χ1v) is 6.72.